The number of nitrogens with zero attached hydrogens (tertiary/aromatic N) is 5. The van der Waals surface area contributed by atoms with Crippen molar-refractivity contribution in [1.29, 1.82) is 0 Å². The SMILES string of the molecule is Cc1cn(-c2cc(Cc3nccc4c(NC(=O)c5csc6c(N)ncnc56)c(C)ccc34)cc(C(F)(F)F)c2)cn1. The summed E-state index contributed by atoms with van der Waals surface area (Å²) in [6.07, 6.45) is 1.68. The molecule has 6 rings (SSSR count). The molecule has 12 heteroatoms. The minimum atomic E-state index is -4.53. The maximum atomic E-state index is 13.8. The van der Waals surface area contributed by atoms with Crippen molar-refractivity contribution in [1.82, 2.24) is 24.5 Å². The molecule has 0 radical (unpaired) electrons. The zero-order valence-electron chi connectivity index (χ0n) is 21.8. The number of thiophene rings is 1. The Hall–Kier alpha value is -4.84. The van der Waals surface area contributed by atoms with Gasteiger partial charge in [0.25, 0.3) is 5.91 Å². The van der Waals surface area contributed by atoms with Gasteiger partial charge in [-0.1, -0.05) is 12.1 Å². The highest BCUT2D eigenvalue weighted by atomic mass is 32.1. The van der Waals surface area contributed by atoms with Gasteiger partial charge in [0.05, 0.1) is 44.7 Å². The standard InChI is InChI=1S/C29H22F3N7OS/c1-15-3-4-20-21(24(15)38-28(40)22-12-41-26-25(22)35-13-36-27(26)33)5-6-34-23(20)9-17-7-18(29(30,31)32)10-19(8-17)39-11-16(2)37-14-39/h3-8,10-14H,9H2,1-2H3,(H,38,40)(H2,33,35,36). The number of nitrogen functional groups attached to an aromatic ring is 1. The number of amides is 1. The number of carbonyl (C=O) groups is 1. The Morgan fingerprint density at radius 2 is 1.88 bits per heavy atom. The molecular weight excluding hydrogens is 551 g/mol. The van der Waals surface area contributed by atoms with Gasteiger partial charge in [-0.25, -0.2) is 15.0 Å². The van der Waals surface area contributed by atoms with Gasteiger partial charge in [-0.2, -0.15) is 13.2 Å². The first-order valence-corrected chi connectivity index (χ1v) is 13.3. The van der Waals surface area contributed by atoms with Gasteiger partial charge in [0.1, 0.15) is 12.1 Å². The quantitative estimate of drug-likeness (QED) is 0.244. The monoisotopic (exact) mass is 573 g/mol. The fraction of sp³-hybridized carbons (Fsp3) is 0.138. The zero-order valence-corrected chi connectivity index (χ0v) is 22.6. The largest absolute Gasteiger partial charge is 0.416 e. The van der Waals surface area contributed by atoms with Crippen molar-refractivity contribution in [2.24, 2.45) is 0 Å². The molecule has 0 aliphatic rings. The van der Waals surface area contributed by atoms with Crippen molar-refractivity contribution in [3.8, 4) is 5.69 Å². The number of anilines is 2. The number of aryl methyl sites for hydroxylation is 2. The number of pyridine rings is 1. The minimum Gasteiger partial charge on any atom is -0.382 e. The summed E-state index contributed by atoms with van der Waals surface area (Å²) in [4.78, 5) is 30.2. The van der Waals surface area contributed by atoms with Gasteiger partial charge < -0.3 is 15.6 Å². The number of fused-ring (bicyclic) bond motifs is 2. The molecule has 0 aliphatic carbocycles. The molecule has 41 heavy (non-hydrogen) atoms. The predicted octanol–water partition coefficient (Wildman–Crippen LogP) is 6.49. The van der Waals surface area contributed by atoms with E-state index in [0.717, 1.165) is 23.1 Å². The van der Waals surface area contributed by atoms with Crippen LogP contribution in [-0.2, 0) is 12.6 Å². The third-order valence-electron chi connectivity index (χ3n) is 6.79. The van der Waals surface area contributed by atoms with Gasteiger partial charge in [0, 0.05) is 40.7 Å². The summed E-state index contributed by atoms with van der Waals surface area (Å²) < 4.78 is 43.7. The maximum Gasteiger partial charge on any atom is 0.416 e. The first-order valence-electron chi connectivity index (χ1n) is 12.5. The Bertz CT molecular complexity index is 1960. The molecule has 0 saturated carbocycles. The van der Waals surface area contributed by atoms with E-state index in [1.807, 2.05) is 19.1 Å². The first-order chi connectivity index (χ1) is 19.6. The smallest absolute Gasteiger partial charge is 0.382 e. The minimum absolute atomic E-state index is 0.143. The van der Waals surface area contributed by atoms with Crippen LogP contribution in [0, 0.1) is 13.8 Å². The summed E-state index contributed by atoms with van der Waals surface area (Å²) >= 11 is 1.29. The summed E-state index contributed by atoms with van der Waals surface area (Å²) in [7, 11) is 0. The lowest BCUT2D eigenvalue weighted by atomic mass is 9.98. The van der Waals surface area contributed by atoms with Crippen molar-refractivity contribution in [3.05, 3.63) is 100 Å². The van der Waals surface area contributed by atoms with Gasteiger partial charge >= 0.3 is 6.18 Å². The Morgan fingerprint density at radius 3 is 2.63 bits per heavy atom. The van der Waals surface area contributed by atoms with E-state index in [2.05, 4.69) is 25.3 Å². The molecule has 1 amide bonds. The van der Waals surface area contributed by atoms with E-state index in [-0.39, 0.29) is 12.3 Å². The number of nitrogens with two attached hydrogens (primary N) is 1. The molecule has 0 bridgehead atoms. The van der Waals surface area contributed by atoms with Gasteiger partial charge in [-0.15, -0.1) is 11.3 Å². The molecule has 0 saturated heterocycles. The molecule has 0 spiro atoms. The van der Waals surface area contributed by atoms with Crippen LogP contribution >= 0.6 is 11.3 Å². The topological polar surface area (TPSA) is 112 Å². The molecular formula is C29H22F3N7OS. The average Bonchev–Trinajstić information content (AvgIpc) is 3.57. The van der Waals surface area contributed by atoms with Crippen molar-refractivity contribution >= 4 is 49.7 Å². The molecule has 0 unspecified atom stereocenters. The number of aromatic nitrogens is 5. The number of rotatable bonds is 5. The van der Waals surface area contributed by atoms with Crippen LogP contribution in [-0.4, -0.2) is 30.4 Å². The van der Waals surface area contributed by atoms with Crippen molar-refractivity contribution in [2.75, 3.05) is 11.1 Å². The molecule has 4 heterocycles. The number of imidazole rings is 1. The Morgan fingerprint density at radius 1 is 1.05 bits per heavy atom. The molecule has 2 aromatic carbocycles. The van der Waals surface area contributed by atoms with Crippen LogP contribution in [0.2, 0.25) is 0 Å². The lowest BCUT2D eigenvalue weighted by Gasteiger charge is -2.15. The van der Waals surface area contributed by atoms with Gasteiger partial charge in [0.15, 0.2) is 0 Å². The van der Waals surface area contributed by atoms with E-state index in [9.17, 15) is 18.0 Å². The molecule has 0 atom stereocenters. The Balaban J connectivity index is 1.39. The number of benzene rings is 2. The average molecular weight is 574 g/mol. The molecule has 206 valence electrons. The van der Waals surface area contributed by atoms with E-state index in [1.165, 1.54) is 24.0 Å². The zero-order chi connectivity index (χ0) is 28.9. The van der Waals surface area contributed by atoms with Crippen molar-refractivity contribution in [3.63, 3.8) is 0 Å². The second kappa shape index (κ2) is 9.97. The first kappa shape index (κ1) is 26.4. The summed E-state index contributed by atoms with van der Waals surface area (Å²) in [5.41, 5.74) is 9.46. The van der Waals surface area contributed by atoms with E-state index >= 15 is 0 Å². The molecule has 0 aliphatic heterocycles. The summed E-state index contributed by atoms with van der Waals surface area (Å²) in [5, 5.41) is 6.12. The Labute approximate surface area is 235 Å². The fourth-order valence-corrected chi connectivity index (χ4v) is 5.69. The molecule has 4 aromatic heterocycles. The summed E-state index contributed by atoms with van der Waals surface area (Å²) in [6, 6.07) is 9.43. The Kier molecular flexibility index (Phi) is 6.41. The van der Waals surface area contributed by atoms with Crippen LogP contribution in [0.4, 0.5) is 24.7 Å². The normalized spacial score (nSPS) is 11.8. The number of hydrogen-bond donors (Lipinski definition) is 2. The lowest BCUT2D eigenvalue weighted by Crippen LogP contribution is -2.13. The molecule has 8 nitrogen and oxygen atoms in total. The van der Waals surface area contributed by atoms with Crippen LogP contribution in [0.5, 0.6) is 0 Å². The lowest BCUT2D eigenvalue weighted by molar-refractivity contribution is -0.137. The highest BCUT2D eigenvalue weighted by Gasteiger charge is 2.31. The van der Waals surface area contributed by atoms with E-state index in [4.69, 9.17) is 5.73 Å². The molecule has 0 fully saturated rings. The molecule has 3 N–H and O–H groups in total. The number of nitrogens with one attached hydrogen (secondary N) is 1. The van der Waals surface area contributed by atoms with E-state index in [1.54, 1.807) is 41.4 Å². The maximum absolute atomic E-state index is 13.8. The van der Waals surface area contributed by atoms with Crippen LogP contribution in [0.1, 0.15) is 38.4 Å². The van der Waals surface area contributed by atoms with Crippen molar-refractivity contribution in [2.45, 2.75) is 26.4 Å². The number of hydrogen-bond acceptors (Lipinski definition) is 7. The van der Waals surface area contributed by atoms with Crippen molar-refractivity contribution < 1.29 is 18.0 Å². The predicted molar refractivity (Wildman–Crippen MR) is 152 cm³/mol. The summed E-state index contributed by atoms with van der Waals surface area (Å²) in [6.45, 7) is 3.64. The summed E-state index contributed by atoms with van der Waals surface area (Å²) in [5.74, 6) is -0.0570. The highest BCUT2D eigenvalue weighted by Crippen LogP contribution is 2.35. The van der Waals surface area contributed by atoms with Gasteiger partial charge in [-0.05, 0) is 49.2 Å². The van der Waals surface area contributed by atoms with Crippen LogP contribution in [0.25, 0.3) is 26.7 Å². The van der Waals surface area contributed by atoms with Crippen LogP contribution in [0.15, 0.2) is 66.8 Å². The number of halogens is 3. The number of carbonyl (C=O) groups excluding carboxylic acids is 1. The van der Waals surface area contributed by atoms with Gasteiger partial charge in [-0.3, -0.25) is 9.78 Å². The second-order valence-corrected chi connectivity index (χ2v) is 10.5. The van der Waals surface area contributed by atoms with Crippen LogP contribution in [0.3, 0.4) is 0 Å². The fourth-order valence-electron chi connectivity index (χ4n) is 4.79. The van der Waals surface area contributed by atoms with E-state index < -0.39 is 11.7 Å². The molecule has 6 aromatic rings. The highest BCUT2D eigenvalue weighted by molar-refractivity contribution is 7.18. The van der Waals surface area contributed by atoms with Crippen LogP contribution < -0.4 is 11.1 Å². The number of alkyl halides is 3. The second-order valence-electron chi connectivity index (χ2n) is 9.64. The van der Waals surface area contributed by atoms with E-state index in [0.29, 0.717) is 55.3 Å². The third-order valence-corrected chi connectivity index (χ3v) is 7.78. The van der Waals surface area contributed by atoms with Gasteiger partial charge in [0.2, 0.25) is 0 Å². The third kappa shape index (κ3) is 4.97.